The van der Waals surface area contributed by atoms with Crippen LogP contribution >= 0.6 is 0 Å². The van der Waals surface area contributed by atoms with Crippen molar-refractivity contribution >= 4 is 11.6 Å². The lowest BCUT2D eigenvalue weighted by Gasteiger charge is -2.10. The number of anilines is 1. The van der Waals surface area contributed by atoms with E-state index in [0.29, 0.717) is 34.0 Å². The molecule has 0 saturated carbocycles. The molecule has 0 fully saturated rings. The van der Waals surface area contributed by atoms with Crippen LogP contribution < -0.4 is 14.8 Å². The molecular formula is C25H23N3O3. The van der Waals surface area contributed by atoms with Crippen molar-refractivity contribution in [1.29, 1.82) is 0 Å². The van der Waals surface area contributed by atoms with Crippen LogP contribution in [-0.4, -0.2) is 29.9 Å². The molecule has 156 valence electrons. The summed E-state index contributed by atoms with van der Waals surface area (Å²) in [5, 5.41) is 7.69. The maximum Gasteiger partial charge on any atom is 0.259 e. The number of benzene rings is 3. The summed E-state index contributed by atoms with van der Waals surface area (Å²) in [6.07, 6.45) is 1.73. The van der Waals surface area contributed by atoms with E-state index in [-0.39, 0.29) is 5.91 Å². The smallest absolute Gasteiger partial charge is 0.259 e. The van der Waals surface area contributed by atoms with Crippen LogP contribution in [0.15, 0.2) is 79.0 Å². The number of rotatable bonds is 6. The third-order valence-electron chi connectivity index (χ3n) is 4.95. The Hall–Kier alpha value is -4.06. The van der Waals surface area contributed by atoms with Gasteiger partial charge in [-0.15, -0.1) is 0 Å². The molecule has 6 heteroatoms. The molecule has 1 N–H and O–H groups in total. The highest BCUT2D eigenvalue weighted by Crippen LogP contribution is 2.35. The second-order valence-corrected chi connectivity index (χ2v) is 7.06. The van der Waals surface area contributed by atoms with E-state index in [2.05, 4.69) is 5.32 Å². The van der Waals surface area contributed by atoms with E-state index < -0.39 is 0 Å². The van der Waals surface area contributed by atoms with Crippen molar-refractivity contribution < 1.29 is 14.3 Å². The highest BCUT2D eigenvalue weighted by molar-refractivity contribution is 6.08. The maximum absolute atomic E-state index is 13.3. The van der Waals surface area contributed by atoms with Gasteiger partial charge in [-0.1, -0.05) is 35.9 Å². The Bertz CT molecular complexity index is 1200. The quantitative estimate of drug-likeness (QED) is 0.477. The first-order valence-electron chi connectivity index (χ1n) is 9.84. The lowest BCUT2D eigenvalue weighted by Crippen LogP contribution is -2.12. The van der Waals surface area contributed by atoms with Crippen molar-refractivity contribution in [2.24, 2.45) is 0 Å². The molecule has 0 bridgehead atoms. The third kappa shape index (κ3) is 4.28. The first kappa shape index (κ1) is 20.2. The van der Waals surface area contributed by atoms with Crippen LogP contribution in [0.5, 0.6) is 11.5 Å². The Morgan fingerprint density at radius 2 is 1.68 bits per heavy atom. The predicted molar refractivity (Wildman–Crippen MR) is 121 cm³/mol. The molecule has 0 aliphatic carbocycles. The molecule has 0 saturated heterocycles. The van der Waals surface area contributed by atoms with E-state index in [1.165, 1.54) is 0 Å². The zero-order chi connectivity index (χ0) is 21.8. The zero-order valence-corrected chi connectivity index (χ0v) is 17.6. The third-order valence-corrected chi connectivity index (χ3v) is 4.95. The summed E-state index contributed by atoms with van der Waals surface area (Å²) in [6, 6.07) is 22.7. The molecule has 0 aliphatic heterocycles. The molecule has 0 spiro atoms. The molecule has 1 amide bonds. The first-order chi connectivity index (χ1) is 15.1. The normalized spacial score (nSPS) is 10.5. The summed E-state index contributed by atoms with van der Waals surface area (Å²) < 4.78 is 12.6. The van der Waals surface area contributed by atoms with Crippen molar-refractivity contribution in [2.45, 2.75) is 6.92 Å². The maximum atomic E-state index is 13.3. The first-order valence-corrected chi connectivity index (χ1v) is 9.84. The molecular weight excluding hydrogens is 390 g/mol. The van der Waals surface area contributed by atoms with E-state index in [4.69, 9.17) is 14.6 Å². The van der Waals surface area contributed by atoms with Gasteiger partial charge in [0.1, 0.15) is 17.2 Å². The summed E-state index contributed by atoms with van der Waals surface area (Å²) in [4.78, 5) is 13.3. The van der Waals surface area contributed by atoms with Crippen molar-refractivity contribution in [3.05, 3.63) is 90.1 Å². The average Bonchev–Trinajstić information content (AvgIpc) is 3.26. The van der Waals surface area contributed by atoms with E-state index in [1.807, 2.05) is 73.7 Å². The van der Waals surface area contributed by atoms with Gasteiger partial charge in [0.2, 0.25) is 0 Å². The van der Waals surface area contributed by atoms with Crippen LogP contribution in [0.1, 0.15) is 15.9 Å². The number of ether oxygens (including phenoxy) is 2. The van der Waals surface area contributed by atoms with E-state index in [9.17, 15) is 4.79 Å². The standard InChI is InChI=1S/C25H23N3O3/c1-17-9-11-18(12-10-17)26-25(29)22-16-28(19-7-5-4-6-8-19)27-24(22)21-15-20(30-2)13-14-23(21)31-3/h4-16H,1-3H3,(H,26,29). The predicted octanol–water partition coefficient (Wildman–Crippen LogP) is 5.12. The number of nitrogens with one attached hydrogen (secondary N) is 1. The number of methoxy groups -OCH3 is 2. The van der Waals surface area contributed by atoms with Crippen LogP contribution in [0.4, 0.5) is 5.69 Å². The minimum absolute atomic E-state index is 0.258. The number of para-hydroxylation sites is 1. The van der Waals surface area contributed by atoms with Crippen LogP contribution in [0.3, 0.4) is 0 Å². The molecule has 0 radical (unpaired) electrons. The van der Waals surface area contributed by atoms with Crippen molar-refractivity contribution in [3.8, 4) is 28.4 Å². The van der Waals surface area contributed by atoms with Gasteiger partial charge in [-0.2, -0.15) is 5.10 Å². The van der Waals surface area contributed by atoms with Crippen molar-refractivity contribution in [1.82, 2.24) is 9.78 Å². The number of aryl methyl sites for hydroxylation is 1. The summed E-state index contributed by atoms with van der Waals surface area (Å²) in [5.74, 6) is 0.990. The number of nitrogens with zero attached hydrogens (tertiary/aromatic N) is 2. The Balaban J connectivity index is 1.83. The van der Waals surface area contributed by atoms with Gasteiger partial charge in [0.15, 0.2) is 0 Å². The van der Waals surface area contributed by atoms with Gasteiger partial charge in [-0.05, 0) is 49.4 Å². The molecule has 1 aromatic heterocycles. The Morgan fingerprint density at radius 1 is 0.935 bits per heavy atom. The number of amides is 1. The highest BCUT2D eigenvalue weighted by Gasteiger charge is 2.22. The van der Waals surface area contributed by atoms with Crippen LogP contribution in [0.2, 0.25) is 0 Å². The molecule has 4 aromatic rings. The molecule has 4 rings (SSSR count). The molecule has 0 atom stereocenters. The molecule has 1 heterocycles. The van der Waals surface area contributed by atoms with Gasteiger partial charge in [0, 0.05) is 17.4 Å². The SMILES string of the molecule is COc1ccc(OC)c(-c2nn(-c3ccccc3)cc2C(=O)Nc2ccc(C)cc2)c1. The topological polar surface area (TPSA) is 65.4 Å². The van der Waals surface area contributed by atoms with Crippen LogP contribution in [-0.2, 0) is 0 Å². The monoisotopic (exact) mass is 413 g/mol. The van der Waals surface area contributed by atoms with Gasteiger partial charge < -0.3 is 14.8 Å². The molecule has 6 nitrogen and oxygen atoms in total. The number of carbonyl (C=O) groups excluding carboxylic acids is 1. The fourth-order valence-electron chi connectivity index (χ4n) is 3.29. The molecule has 0 aliphatic rings. The van der Waals surface area contributed by atoms with E-state index >= 15 is 0 Å². The minimum atomic E-state index is -0.258. The Morgan fingerprint density at radius 3 is 2.35 bits per heavy atom. The zero-order valence-electron chi connectivity index (χ0n) is 17.6. The molecule has 31 heavy (non-hydrogen) atoms. The largest absolute Gasteiger partial charge is 0.497 e. The summed E-state index contributed by atoms with van der Waals surface area (Å²) in [6.45, 7) is 2.00. The van der Waals surface area contributed by atoms with E-state index in [0.717, 1.165) is 11.3 Å². The fourth-order valence-corrected chi connectivity index (χ4v) is 3.29. The number of aromatic nitrogens is 2. The second-order valence-electron chi connectivity index (χ2n) is 7.06. The van der Waals surface area contributed by atoms with Gasteiger partial charge in [0.25, 0.3) is 5.91 Å². The summed E-state index contributed by atoms with van der Waals surface area (Å²) >= 11 is 0. The number of hydrogen-bond donors (Lipinski definition) is 1. The lowest BCUT2D eigenvalue weighted by molar-refractivity contribution is 0.102. The van der Waals surface area contributed by atoms with Crippen LogP contribution in [0.25, 0.3) is 16.9 Å². The summed E-state index contributed by atoms with van der Waals surface area (Å²) in [7, 11) is 3.19. The molecule has 0 unspecified atom stereocenters. The molecule has 3 aromatic carbocycles. The number of hydrogen-bond acceptors (Lipinski definition) is 4. The highest BCUT2D eigenvalue weighted by atomic mass is 16.5. The van der Waals surface area contributed by atoms with Crippen LogP contribution in [0, 0.1) is 6.92 Å². The minimum Gasteiger partial charge on any atom is -0.497 e. The van der Waals surface area contributed by atoms with Gasteiger partial charge in [0.05, 0.1) is 25.5 Å². The van der Waals surface area contributed by atoms with Crippen molar-refractivity contribution in [3.63, 3.8) is 0 Å². The van der Waals surface area contributed by atoms with Gasteiger partial charge in [-0.3, -0.25) is 4.79 Å². The number of carbonyl (C=O) groups is 1. The Kier molecular flexibility index (Phi) is 5.71. The van der Waals surface area contributed by atoms with Crippen molar-refractivity contribution in [2.75, 3.05) is 19.5 Å². The Labute approximate surface area is 181 Å². The fraction of sp³-hybridized carbons (Fsp3) is 0.120. The van der Waals surface area contributed by atoms with E-state index in [1.54, 1.807) is 31.2 Å². The average molecular weight is 413 g/mol. The lowest BCUT2D eigenvalue weighted by atomic mass is 10.1. The summed E-state index contributed by atoms with van der Waals surface area (Å²) in [5.41, 5.74) is 4.29. The van der Waals surface area contributed by atoms with Gasteiger partial charge >= 0.3 is 0 Å². The second kappa shape index (κ2) is 8.75. The van der Waals surface area contributed by atoms with Gasteiger partial charge in [-0.25, -0.2) is 4.68 Å².